The quantitative estimate of drug-likeness (QED) is 0.893. The van der Waals surface area contributed by atoms with E-state index < -0.39 is 10.0 Å². The molecule has 0 aliphatic rings. The van der Waals surface area contributed by atoms with Gasteiger partial charge in [0.05, 0.1) is 0 Å². The van der Waals surface area contributed by atoms with Gasteiger partial charge in [-0.15, -0.1) is 10.2 Å². The first-order chi connectivity index (χ1) is 9.43. The van der Waals surface area contributed by atoms with Crippen LogP contribution in [-0.4, -0.2) is 23.2 Å². The van der Waals surface area contributed by atoms with Crippen LogP contribution in [-0.2, 0) is 23.0 Å². The molecule has 2 aromatic rings. The maximum atomic E-state index is 13.6. The fourth-order valence-electron chi connectivity index (χ4n) is 1.92. The molecule has 8 heteroatoms. The third-order valence-electron chi connectivity index (χ3n) is 2.80. The number of halogens is 1. The van der Waals surface area contributed by atoms with E-state index in [-0.39, 0.29) is 17.4 Å². The van der Waals surface area contributed by atoms with Gasteiger partial charge in [-0.3, -0.25) is 0 Å². The highest BCUT2D eigenvalue weighted by molar-refractivity contribution is 7.89. The maximum Gasteiger partial charge on any atom is 0.273 e. The monoisotopic (exact) mass is 298 g/mol. The molecule has 0 fully saturated rings. The van der Waals surface area contributed by atoms with E-state index in [2.05, 4.69) is 10.2 Å². The van der Waals surface area contributed by atoms with Crippen molar-refractivity contribution < 1.29 is 12.8 Å². The predicted molar refractivity (Wildman–Crippen MR) is 70.9 cm³/mol. The van der Waals surface area contributed by atoms with Crippen molar-refractivity contribution in [2.24, 2.45) is 5.14 Å². The minimum atomic E-state index is -3.94. The van der Waals surface area contributed by atoms with Gasteiger partial charge >= 0.3 is 0 Å². The first kappa shape index (κ1) is 14.6. The summed E-state index contributed by atoms with van der Waals surface area (Å²) in [6, 6.07) is 6.26. The van der Waals surface area contributed by atoms with E-state index in [1.54, 1.807) is 18.2 Å². The summed E-state index contributed by atoms with van der Waals surface area (Å²) < 4.78 is 37.9. The molecule has 0 aliphatic heterocycles. The highest BCUT2D eigenvalue weighted by Crippen LogP contribution is 2.15. The third kappa shape index (κ3) is 3.02. The van der Waals surface area contributed by atoms with Crippen molar-refractivity contribution >= 4 is 10.0 Å². The van der Waals surface area contributed by atoms with Crippen LogP contribution in [0.5, 0.6) is 0 Å². The molecule has 0 atom stereocenters. The number of aromatic nitrogens is 3. The van der Waals surface area contributed by atoms with E-state index in [1.165, 1.54) is 10.6 Å². The number of benzene rings is 1. The van der Waals surface area contributed by atoms with Gasteiger partial charge in [0.1, 0.15) is 11.6 Å². The molecule has 1 aromatic carbocycles. The topological polar surface area (TPSA) is 90.9 Å². The Kier molecular flexibility index (Phi) is 4.15. The molecule has 0 unspecified atom stereocenters. The highest BCUT2D eigenvalue weighted by Gasteiger charge is 2.21. The molecule has 2 rings (SSSR count). The van der Waals surface area contributed by atoms with Crippen LogP contribution in [0.1, 0.15) is 24.7 Å². The van der Waals surface area contributed by atoms with Crippen molar-refractivity contribution in [3.05, 3.63) is 41.5 Å². The summed E-state index contributed by atoms with van der Waals surface area (Å²) in [5.74, 6) is 0.0108. The van der Waals surface area contributed by atoms with E-state index in [4.69, 9.17) is 5.14 Å². The van der Waals surface area contributed by atoms with E-state index in [9.17, 15) is 12.8 Å². The second kappa shape index (κ2) is 5.68. The second-order valence-electron chi connectivity index (χ2n) is 4.36. The van der Waals surface area contributed by atoms with Gasteiger partial charge in [-0.1, -0.05) is 25.1 Å². The lowest BCUT2D eigenvalue weighted by atomic mass is 10.1. The summed E-state index contributed by atoms with van der Waals surface area (Å²) in [6.07, 6.45) is 0.847. The van der Waals surface area contributed by atoms with Crippen LogP contribution in [0.2, 0.25) is 0 Å². The average Bonchev–Trinajstić information content (AvgIpc) is 2.76. The molecule has 0 radical (unpaired) electrons. The Morgan fingerprint density at radius 3 is 2.60 bits per heavy atom. The van der Waals surface area contributed by atoms with Crippen molar-refractivity contribution in [3.8, 4) is 0 Å². The van der Waals surface area contributed by atoms with E-state index in [1.807, 2.05) is 6.92 Å². The number of hydrogen-bond donors (Lipinski definition) is 1. The predicted octanol–water partition coefficient (Wildman–Crippen LogP) is 1.07. The Morgan fingerprint density at radius 1 is 1.30 bits per heavy atom. The third-order valence-corrected chi connectivity index (χ3v) is 3.61. The van der Waals surface area contributed by atoms with Crippen molar-refractivity contribution in [1.29, 1.82) is 0 Å². The molecule has 2 N–H and O–H groups in total. The normalized spacial score (nSPS) is 11.8. The first-order valence-electron chi connectivity index (χ1n) is 6.11. The van der Waals surface area contributed by atoms with Gasteiger partial charge in [0.15, 0.2) is 0 Å². The molecule has 0 bridgehead atoms. The first-order valence-corrected chi connectivity index (χ1v) is 7.66. The van der Waals surface area contributed by atoms with Crippen molar-refractivity contribution in [1.82, 2.24) is 14.8 Å². The summed E-state index contributed by atoms with van der Waals surface area (Å²) in [6.45, 7) is 2.29. The molecule has 6 nitrogen and oxygen atoms in total. The van der Waals surface area contributed by atoms with E-state index in [0.717, 1.165) is 0 Å². The second-order valence-corrected chi connectivity index (χ2v) is 5.82. The average molecular weight is 298 g/mol. The molecule has 20 heavy (non-hydrogen) atoms. The Balaban J connectivity index is 2.43. The molecule has 0 spiro atoms. The lowest BCUT2D eigenvalue weighted by Gasteiger charge is -2.08. The molecule has 0 saturated heterocycles. The summed E-state index contributed by atoms with van der Waals surface area (Å²) in [5, 5.41) is 12.2. The zero-order valence-electron chi connectivity index (χ0n) is 11.0. The number of nitrogens with zero attached hydrogens (tertiary/aromatic N) is 3. The van der Waals surface area contributed by atoms with Gasteiger partial charge < -0.3 is 4.57 Å². The van der Waals surface area contributed by atoms with Crippen molar-refractivity contribution in [2.75, 3.05) is 0 Å². The van der Waals surface area contributed by atoms with Crippen molar-refractivity contribution in [2.45, 2.75) is 31.5 Å². The molecule has 1 aromatic heterocycles. The Hall–Kier alpha value is -1.80. The minimum Gasteiger partial charge on any atom is -0.300 e. The summed E-state index contributed by atoms with van der Waals surface area (Å²) in [4.78, 5) is 0. The van der Waals surface area contributed by atoms with Gasteiger partial charge in [0.2, 0.25) is 0 Å². The number of nitrogens with two attached hydrogens (primary N) is 1. The molecular weight excluding hydrogens is 283 g/mol. The van der Waals surface area contributed by atoms with Crippen LogP contribution < -0.4 is 5.14 Å². The summed E-state index contributed by atoms with van der Waals surface area (Å²) in [5.41, 5.74) is 0.429. The Morgan fingerprint density at radius 2 is 2.00 bits per heavy atom. The number of primary sulfonamides is 1. The van der Waals surface area contributed by atoms with Gasteiger partial charge in [-0.05, 0) is 18.1 Å². The lowest BCUT2D eigenvalue weighted by molar-refractivity contribution is 0.548. The van der Waals surface area contributed by atoms with Crippen LogP contribution in [0.3, 0.4) is 0 Å². The zero-order valence-corrected chi connectivity index (χ0v) is 11.8. The Labute approximate surface area is 116 Å². The smallest absolute Gasteiger partial charge is 0.273 e. The number of hydrogen-bond acceptors (Lipinski definition) is 4. The Bertz CT molecular complexity index is 712. The summed E-state index contributed by atoms with van der Waals surface area (Å²) >= 11 is 0. The minimum absolute atomic E-state index is 0.162. The van der Waals surface area contributed by atoms with Gasteiger partial charge in [0.25, 0.3) is 15.2 Å². The molecular formula is C12H15FN4O2S. The summed E-state index contributed by atoms with van der Waals surface area (Å²) in [7, 11) is -3.94. The van der Waals surface area contributed by atoms with Gasteiger partial charge in [-0.25, -0.2) is 17.9 Å². The SMILES string of the molecule is CCCn1c(Cc2ccccc2F)nnc1S(N)(=O)=O. The number of sulfonamides is 1. The molecule has 0 saturated carbocycles. The van der Waals surface area contributed by atoms with Crippen LogP contribution in [0, 0.1) is 5.82 Å². The van der Waals surface area contributed by atoms with Crippen molar-refractivity contribution in [3.63, 3.8) is 0 Å². The van der Waals surface area contributed by atoms with E-state index >= 15 is 0 Å². The highest BCUT2D eigenvalue weighted by atomic mass is 32.2. The zero-order chi connectivity index (χ0) is 14.8. The fourth-order valence-corrected chi connectivity index (χ4v) is 2.58. The van der Waals surface area contributed by atoms with Gasteiger partial charge in [0, 0.05) is 13.0 Å². The fraction of sp³-hybridized carbons (Fsp3) is 0.333. The van der Waals surface area contributed by atoms with Crippen LogP contribution in [0.4, 0.5) is 4.39 Å². The van der Waals surface area contributed by atoms with Crippen LogP contribution >= 0.6 is 0 Å². The lowest BCUT2D eigenvalue weighted by Crippen LogP contribution is -2.19. The molecule has 108 valence electrons. The molecule has 0 aliphatic carbocycles. The molecule has 0 amide bonds. The largest absolute Gasteiger partial charge is 0.300 e. The van der Waals surface area contributed by atoms with Gasteiger partial charge in [-0.2, -0.15) is 0 Å². The van der Waals surface area contributed by atoms with Crippen LogP contribution in [0.25, 0.3) is 0 Å². The maximum absolute atomic E-state index is 13.6. The molecule has 1 heterocycles. The number of rotatable bonds is 5. The van der Waals surface area contributed by atoms with E-state index in [0.29, 0.717) is 24.4 Å². The standard InChI is InChI=1S/C12H15FN4O2S/c1-2-7-17-11(15-16-12(17)20(14,18)19)8-9-5-3-4-6-10(9)13/h3-6H,2,7-8H2,1H3,(H2,14,18,19). The van der Waals surface area contributed by atoms with Crippen LogP contribution in [0.15, 0.2) is 29.4 Å².